The van der Waals surface area contributed by atoms with Gasteiger partial charge in [0.1, 0.15) is 11.9 Å². The van der Waals surface area contributed by atoms with Crippen LogP contribution in [0.1, 0.15) is 33.5 Å². The topological polar surface area (TPSA) is 70.7 Å². The van der Waals surface area contributed by atoms with Gasteiger partial charge in [-0.25, -0.2) is 4.79 Å². The second-order valence-electron chi connectivity index (χ2n) is 5.40. The van der Waals surface area contributed by atoms with Gasteiger partial charge >= 0.3 is 5.97 Å². The van der Waals surface area contributed by atoms with Crippen molar-refractivity contribution in [3.8, 4) is 11.1 Å². The maximum atomic E-state index is 10.8. The van der Waals surface area contributed by atoms with Crippen molar-refractivity contribution in [2.24, 2.45) is 0 Å². The summed E-state index contributed by atoms with van der Waals surface area (Å²) >= 11 is 0. The average molecular weight is 308 g/mol. The average Bonchev–Trinajstić information content (AvgIpc) is 3.05. The molecule has 1 unspecified atom stereocenters. The highest BCUT2D eigenvalue weighted by molar-refractivity contribution is 5.84. The molecule has 3 aromatic rings. The molecule has 1 heterocycles. The highest BCUT2D eigenvalue weighted by atomic mass is 16.4. The smallest absolute Gasteiger partial charge is 0.371 e. The molecule has 23 heavy (non-hydrogen) atoms. The molecule has 0 aliphatic rings. The fourth-order valence-corrected chi connectivity index (χ4v) is 2.38. The van der Waals surface area contributed by atoms with Crippen molar-refractivity contribution in [2.75, 3.05) is 0 Å². The van der Waals surface area contributed by atoms with Crippen LogP contribution in [0.2, 0.25) is 0 Å². The van der Waals surface area contributed by atoms with Crippen molar-refractivity contribution in [3.63, 3.8) is 0 Å². The predicted octanol–water partition coefficient (Wildman–Crippen LogP) is 4.03. The summed E-state index contributed by atoms with van der Waals surface area (Å²) in [5, 5.41) is 19.2. The summed E-state index contributed by atoms with van der Waals surface area (Å²) in [5.41, 5.74) is 3.99. The van der Waals surface area contributed by atoms with Gasteiger partial charge in [-0.1, -0.05) is 54.1 Å². The van der Waals surface area contributed by atoms with E-state index in [0.717, 1.165) is 11.1 Å². The molecule has 4 heteroatoms. The van der Waals surface area contributed by atoms with Crippen LogP contribution in [0, 0.1) is 6.92 Å². The largest absolute Gasteiger partial charge is 0.475 e. The van der Waals surface area contributed by atoms with E-state index in [-0.39, 0.29) is 11.5 Å². The van der Waals surface area contributed by atoms with Gasteiger partial charge in [-0.2, -0.15) is 0 Å². The number of aryl methyl sites for hydroxylation is 1. The van der Waals surface area contributed by atoms with Crippen LogP contribution in [0.4, 0.5) is 0 Å². The fourth-order valence-electron chi connectivity index (χ4n) is 2.38. The van der Waals surface area contributed by atoms with Gasteiger partial charge in [-0.05, 0) is 35.7 Å². The van der Waals surface area contributed by atoms with E-state index in [4.69, 9.17) is 9.52 Å². The number of hydrogen-bond acceptors (Lipinski definition) is 3. The van der Waals surface area contributed by atoms with Crippen molar-refractivity contribution in [2.45, 2.75) is 13.0 Å². The minimum atomic E-state index is -1.15. The summed E-state index contributed by atoms with van der Waals surface area (Å²) in [7, 11) is 0. The zero-order valence-electron chi connectivity index (χ0n) is 12.6. The lowest BCUT2D eigenvalue weighted by Crippen LogP contribution is -1.98. The van der Waals surface area contributed by atoms with E-state index < -0.39 is 12.1 Å². The molecule has 3 rings (SSSR count). The molecule has 0 amide bonds. The fraction of sp³-hybridized carbons (Fsp3) is 0.105. The number of carbonyl (C=O) groups is 1. The minimum absolute atomic E-state index is 0.185. The Balaban J connectivity index is 1.83. The van der Waals surface area contributed by atoms with Crippen LogP contribution in [0.3, 0.4) is 0 Å². The van der Waals surface area contributed by atoms with Crippen LogP contribution < -0.4 is 0 Å². The number of aromatic carboxylic acids is 1. The maximum absolute atomic E-state index is 10.8. The Morgan fingerprint density at radius 2 is 1.48 bits per heavy atom. The molecule has 0 spiro atoms. The first kappa shape index (κ1) is 15.1. The van der Waals surface area contributed by atoms with Crippen molar-refractivity contribution < 1.29 is 19.4 Å². The van der Waals surface area contributed by atoms with Gasteiger partial charge in [-0.15, -0.1) is 0 Å². The van der Waals surface area contributed by atoms with Gasteiger partial charge in [0.25, 0.3) is 0 Å². The Bertz CT molecular complexity index is 813. The third-order valence-corrected chi connectivity index (χ3v) is 3.72. The molecule has 1 atom stereocenters. The Morgan fingerprint density at radius 1 is 0.913 bits per heavy atom. The van der Waals surface area contributed by atoms with E-state index in [0.29, 0.717) is 5.56 Å². The van der Waals surface area contributed by atoms with Gasteiger partial charge in [0.2, 0.25) is 5.76 Å². The van der Waals surface area contributed by atoms with Gasteiger partial charge in [0.05, 0.1) is 0 Å². The second kappa shape index (κ2) is 6.10. The molecule has 116 valence electrons. The minimum Gasteiger partial charge on any atom is -0.475 e. The molecule has 1 aromatic heterocycles. The molecular weight excluding hydrogens is 292 g/mol. The summed E-state index contributed by atoms with van der Waals surface area (Å²) in [6.45, 7) is 2.04. The van der Waals surface area contributed by atoms with Crippen LogP contribution in [-0.2, 0) is 0 Å². The number of rotatable bonds is 4. The van der Waals surface area contributed by atoms with Crippen molar-refractivity contribution >= 4 is 5.97 Å². The Morgan fingerprint density at radius 3 is 2.00 bits per heavy atom. The molecule has 0 radical (unpaired) electrons. The maximum Gasteiger partial charge on any atom is 0.371 e. The lowest BCUT2D eigenvalue weighted by Gasteiger charge is -2.09. The zero-order chi connectivity index (χ0) is 16.4. The number of carboxylic acid groups (broad SMARTS) is 1. The molecule has 0 aliphatic carbocycles. The lowest BCUT2D eigenvalue weighted by atomic mass is 10.0. The van der Waals surface area contributed by atoms with E-state index in [2.05, 4.69) is 0 Å². The third-order valence-electron chi connectivity index (χ3n) is 3.72. The summed E-state index contributed by atoms with van der Waals surface area (Å²) in [6, 6.07) is 18.5. The van der Waals surface area contributed by atoms with Crippen molar-refractivity contribution in [1.82, 2.24) is 0 Å². The zero-order valence-corrected chi connectivity index (χ0v) is 12.6. The number of aliphatic hydroxyl groups excluding tert-OH is 1. The van der Waals surface area contributed by atoms with Crippen LogP contribution in [-0.4, -0.2) is 16.2 Å². The van der Waals surface area contributed by atoms with E-state index in [1.807, 2.05) is 55.5 Å². The summed E-state index contributed by atoms with van der Waals surface area (Å²) < 4.78 is 5.14. The lowest BCUT2D eigenvalue weighted by molar-refractivity contribution is 0.0655. The predicted molar refractivity (Wildman–Crippen MR) is 86.3 cm³/mol. The van der Waals surface area contributed by atoms with Crippen molar-refractivity contribution in [1.29, 1.82) is 0 Å². The highest BCUT2D eigenvalue weighted by Crippen LogP contribution is 2.27. The Kier molecular flexibility index (Phi) is 4.00. The monoisotopic (exact) mass is 308 g/mol. The van der Waals surface area contributed by atoms with Crippen LogP contribution in [0.15, 0.2) is 65.1 Å². The Hall–Kier alpha value is -2.85. The quantitative estimate of drug-likeness (QED) is 0.763. The number of furan rings is 1. The standard InChI is InChI=1S/C19H16O4/c1-12-2-4-13(5-3-12)14-6-8-15(9-7-14)18(20)16-10-11-17(23-16)19(21)22/h2-11,18,20H,1H3,(H,21,22). The van der Waals surface area contributed by atoms with Crippen LogP contribution >= 0.6 is 0 Å². The molecule has 0 saturated heterocycles. The SMILES string of the molecule is Cc1ccc(-c2ccc(C(O)c3ccc(C(=O)O)o3)cc2)cc1. The van der Waals surface area contributed by atoms with Crippen molar-refractivity contribution in [3.05, 3.63) is 83.3 Å². The summed E-state index contributed by atoms with van der Waals surface area (Å²) in [5.74, 6) is -1.13. The molecular formula is C19H16O4. The number of aliphatic hydroxyl groups is 1. The molecule has 0 saturated carbocycles. The molecule has 0 bridgehead atoms. The number of hydrogen-bond donors (Lipinski definition) is 2. The van der Waals surface area contributed by atoms with Gasteiger partial charge in [0.15, 0.2) is 0 Å². The van der Waals surface area contributed by atoms with Crippen LogP contribution in [0.5, 0.6) is 0 Å². The molecule has 0 aliphatic heterocycles. The third kappa shape index (κ3) is 3.17. The first-order valence-corrected chi connectivity index (χ1v) is 7.22. The molecule has 2 N–H and O–H groups in total. The molecule has 0 fully saturated rings. The Labute approximate surface area is 133 Å². The van der Waals surface area contributed by atoms with E-state index >= 15 is 0 Å². The van der Waals surface area contributed by atoms with E-state index in [1.54, 1.807) is 0 Å². The molecule has 2 aromatic carbocycles. The normalized spacial score (nSPS) is 12.1. The summed E-state index contributed by atoms with van der Waals surface area (Å²) in [6.07, 6.45) is -0.991. The number of benzene rings is 2. The summed E-state index contributed by atoms with van der Waals surface area (Å²) in [4.78, 5) is 10.8. The number of carboxylic acids is 1. The van der Waals surface area contributed by atoms with E-state index in [1.165, 1.54) is 17.7 Å². The highest BCUT2D eigenvalue weighted by Gasteiger charge is 2.17. The van der Waals surface area contributed by atoms with Gasteiger partial charge < -0.3 is 14.6 Å². The van der Waals surface area contributed by atoms with Crippen LogP contribution in [0.25, 0.3) is 11.1 Å². The first-order valence-electron chi connectivity index (χ1n) is 7.22. The second-order valence-corrected chi connectivity index (χ2v) is 5.40. The van der Waals surface area contributed by atoms with Gasteiger partial charge in [0, 0.05) is 0 Å². The van der Waals surface area contributed by atoms with E-state index in [9.17, 15) is 9.90 Å². The first-order chi connectivity index (χ1) is 11.0. The van der Waals surface area contributed by atoms with Gasteiger partial charge in [-0.3, -0.25) is 0 Å². The molecule has 4 nitrogen and oxygen atoms in total.